The number of benzene rings is 1. The average molecular weight is 395 g/mol. The van der Waals surface area contributed by atoms with Gasteiger partial charge < -0.3 is 10.2 Å². The van der Waals surface area contributed by atoms with Crippen LogP contribution in [0.4, 0.5) is 11.6 Å². The molecule has 1 aromatic carbocycles. The minimum atomic E-state index is -2.97. The maximum absolute atomic E-state index is 12.2. The van der Waals surface area contributed by atoms with Gasteiger partial charge in [-0.05, 0) is 49.7 Å². The molecule has 0 radical (unpaired) electrons. The quantitative estimate of drug-likeness (QED) is 0.837. The number of amides is 1. The average Bonchev–Trinajstić information content (AvgIpc) is 2.97. The van der Waals surface area contributed by atoms with E-state index >= 15 is 0 Å². The molecule has 1 aromatic heterocycles. The third kappa shape index (κ3) is 4.31. The van der Waals surface area contributed by atoms with Crippen molar-refractivity contribution in [1.29, 1.82) is 0 Å². The summed E-state index contributed by atoms with van der Waals surface area (Å²) in [6.45, 7) is 2.58. The van der Waals surface area contributed by atoms with Gasteiger partial charge >= 0.3 is 0 Å². The van der Waals surface area contributed by atoms with Crippen LogP contribution >= 0.6 is 11.6 Å². The van der Waals surface area contributed by atoms with E-state index in [0.29, 0.717) is 35.2 Å². The summed E-state index contributed by atoms with van der Waals surface area (Å²) in [6, 6.07) is 9.83. The van der Waals surface area contributed by atoms with E-state index in [-0.39, 0.29) is 23.5 Å². The molecule has 1 aliphatic heterocycles. The second-order valence-electron chi connectivity index (χ2n) is 6.08. The highest BCUT2D eigenvalue weighted by molar-refractivity contribution is 7.91. The first-order valence-corrected chi connectivity index (χ1v) is 10.5. The Bertz CT molecular complexity index is 885. The van der Waals surface area contributed by atoms with Crippen molar-refractivity contribution in [1.82, 2.24) is 10.2 Å². The van der Waals surface area contributed by atoms with Crippen LogP contribution in [0.5, 0.6) is 0 Å². The summed E-state index contributed by atoms with van der Waals surface area (Å²) in [6.07, 6.45) is 0.590. The second kappa shape index (κ2) is 7.59. The Morgan fingerprint density at radius 3 is 2.50 bits per heavy atom. The van der Waals surface area contributed by atoms with E-state index < -0.39 is 9.84 Å². The summed E-state index contributed by atoms with van der Waals surface area (Å²) in [5, 5.41) is 11.4. The van der Waals surface area contributed by atoms with Gasteiger partial charge in [-0.2, -0.15) is 0 Å². The van der Waals surface area contributed by atoms with Gasteiger partial charge in [0.05, 0.1) is 11.5 Å². The van der Waals surface area contributed by atoms with Crippen molar-refractivity contribution in [2.75, 3.05) is 28.3 Å². The molecule has 0 aliphatic carbocycles. The number of rotatable bonds is 5. The van der Waals surface area contributed by atoms with Gasteiger partial charge in [0.25, 0.3) is 5.91 Å². The van der Waals surface area contributed by atoms with E-state index in [1.807, 2.05) is 11.8 Å². The molecule has 1 unspecified atom stereocenters. The normalized spacial score (nSPS) is 18.5. The Morgan fingerprint density at radius 2 is 1.96 bits per heavy atom. The van der Waals surface area contributed by atoms with Crippen LogP contribution in [0.1, 0.15) is 23.7 Å². The Balaban J connectivity index is 1.69. The van der Waals surface area contributed by atoms with Crippen molar-refractivity contribution < 1.29 is 13.2 Å². The van der Waals surface area contributed by atoms with Crippen LogP contribution in [0.25, 0.3) is 0 Å². The van der Waals surface area contributed by atoms with Crippen LogP contribution in [0.2, 0.25) is 5.02 Å². The summed E-state index contributed by atoms with van der Waals surface area (Å²) < 4.78 is 23.4. The van der Waals surface area contributed by atoms with Gasteiger partial charge in [-0.1, -0.05) is 11.6 Å². The lowest BCUT2D eigenvalue weighted by Crippen LogP contribution is -2.36. The monoisotopic (exact) mass is 394 g/mol. The Kier molecular flexibility index (Phi) is 5.43. The molecule has 0 spiro atoms. The second-order valence-corrected chi connectivity index (χ2v) is 8.75. The zero-order valence-electron chi connectivity index (χ0n) is 14.2. The van der Waals surface area contributed by atoms with Crippen molar-refractivity contribution in [3.05, 3.63) is 47.0 Å². The number of sulfone groups is 1. The third-order valence-corrected chi connectivity index (χ3v) is 6.28. The summed E-state index contributed by atoms with van der Waals surface area (Å²) in [4.78, 5) is 14.1. The third-order valence-electron chi connectivity index (χ3n) is 4.28. The van der Waals surface area contributed by atoms with Crippen LogP contribution < -0.4 is 10.2 Å². The fourth-order valence-electron chi connectivity index (χ4n) is 2.96. The van der Waals surface area contributed by atoms with E-state index in [1.54, 1.807) is 36.4 Å². The number of hydrogen-bond acceptors (Lipinski definition) is 6. The molecule has 138 valence electrons. The topological polar surface area (TPSA) is 92.3 Å². The highest BCUT2D eigenvalue weighted by Crippen LogP contribution is 2.23. The molecule has 7 nitrogen and oxygen atoms in total. The number of halogens is 1. The van der Waals surface area contributed by atoms with Crippen molar-refractivity contribution >= 4 is 39.0 Å². The highest BCUT2D eigenvalue weighted by atomic mass is 35.5. The molecule has 26 heavy (non-hydrogen) atoms. The van der Waals surface area contributed by atoms with Gasteiger partial charge in [-0.25, -0.2) is 8.42 Å². The van der Waals surface area contributed by atoms with Crippen LogP contribution in [0.3, 0.4) is 0 Å². The van der Waals surface area contributed by atoms with Crippen molar-refractivity contribution in [3.8, 4) is 0 Å². The van der Waals surface area contributed by atoms with Gasteiger partial charge in [-0.15, -0.1) is 10.2 Å². The zero-order valence-corrected chi connectivity index (χ0v) is 15.8. The summed E-state index contributed by atoms with van der Waals surface area (Å²) in [7, 11) is -2.97. The minimum absolute atomic E-state index is 0.0891. The number of carbonyl (C=O) groups is 1. The lowest BCUT2D eigenvalue weighted by atomic mass is 10.2. The molecule has 1 amide bonds. The summed E-state index contributed by atoms with van der Waals surface area (Å²) in [5.74, 6) is 0.954. The molecular weight excluding hydrogens is 376 g/mol. The van der Waals surface area contributed by atoms with Gasteiger partial charge in [-0.3, -0.25) is 4.79 Å². The smallest absolute Gasteiger partial charge is 0.256 e. The van der Waals surface area contributed by atoms with Gasteiger partial charge in [0.1, 0.15) is 0 Å². The molecule has 3 rings (SSSR count). The molecule has 0 saturated carbocycles. The number of nitrogens with zero attached hydrogens (tertiary/aromatic N) is 3. The van der Waals surface area contributed by atoms with Crippen LogP contribution in [-0.2, 0) is 9.84 Å². The fraction of sp³-hybridized carbons (Fsp3) is 0.353. The van der Waals surface area contributed by atoms with Crippen molar-refractivity contribution in [3.63, 3.8) is 0 Å². The van der Waals surface area contributed by atoms with E-state index in [0.717, 1.165) is 0 Å². The standard InChI is InChI=1S/C17H19ClN4O3S/c1-2-22(14-9-10-26(24,25)11-14)16-8-7-15(20-21-16)19-17(23)12-3-5-13(18)6-4-12/h3-8,14H,2,9-11H2,1H3,(H,19,20,23). The predicted molar refractivity (Wildman–Crippen MR) is 102 cm³/mol. The fourth-order valence-corrected chi connectivity index (χ4v) is 4.82. The van der Waals surface area contributed by atoms with E-state index in [1.165, 1.54) is 0 Å². The molecule has 1 aliphatic rings. The lowest BCUT2D eigenvalue weighted by Gasteiger charge is -2.27. The molecule has 1 atom stereocenters. The van der Waals surface area contributed by atoms with Crippen molar-refractivity contribution in [2.45, 2.75) is 19.4 Å². The highest BCUT2D eigenvalue weighted by Gasteiger charge is 2.32. The van der Waals surface area contributed by atoms with Gasteiger partial charge in [0.15, 0.2) is 21.5 Å². The minimum Gasteiger partial charge on any atom is -0.351 e. The largest absolute Gasteiger partial charge is 0.351 e. The molecule has 2 heterocycles. The van der Waals surface area contributed by atoms with E-state index in [4.69, 9.17) is 11.6 Å². The SMILES string of the molecule is CCN(c1ccc(NC(=O)c2ccc(Cl)cc2)nn1)C1CCS(=O)(=O)C1. The summed E-state index contributed by atoms with van der Waals surface area (Å²) in [5.41, 5.74) is 0.464. The van der Waals surface area contributed by atoms with Gasteiger partial charge in [0.2, 0.25) is 0 Å². The maximum atomic E-state index is 12.2. The maximum Gasteiger partial charge on any atom is 0.256 e. The first-order valence-electron chi connectivity index (χ1n) is 8.25. The molecule has 1 fully saturated rings. The zero-order chi connectivity index (χ0) is 18.7. The van der Waals surface area contributed by atoms with Crippen LogP contribution in [-0.4, -0.2) is 48.6 Å². The van der Waals surface area contributed by atoms with Crippen LogP contribution in [0.15, 0.2) is 36.4 Å². The number of hydrogen-bond donors (Lipinski definition) is 1. The number of nitrogens with one attached hydrogen (secondary N) is 1. The molecule has 0 bridgehead atoms. The van der Waals surface area contributed by atoms with Crippen molar-refractivity contribution in [2.24, 2.45) is 0 Å². The van der Waals surface area contributed by atoms with E-state index in [9.17, 15) is 13.2 Å². The first kappa shape index (κ1) is 18.6. The van der Waals surface area contributed by atoms with E-state index in [2.05, 4.69) is 15.5 Å². The summed E-state index contributed by atoms with van der Waals surface area (Å²) >= 11 is 5.81. The molecular formula is C17H19ClN4O3S. The molecule has 9 heteroatoms. The predicted octanol–water partition coefficient (Wildman–Crippen LogP) is 2.40. The Labute approximate surface area is 157 Å². The van der Waals surface area contributed by atoms with Crippen LogP contribution in [0, 0.1) is 0 Å². The first-order chi connectivity index (χ1) is 12.4. The number of aromatic nitrogens is 2. The molecule has 1 N–H and O–H groups in total. The molecule has 1 saturated heterocycles. The number of carbonyl (C=O) groups excluding carboxylic acids is 1. The Morgan fingerprint density at radius 1 is 1.23 bits per heavy atom. The molecule has 2 aromatic rings. The lowest BCUT2D eigenvalue weighted by molar-refractivity contribution is 0.102. The van der Waals surface area contributed by atoms with Gasteiger partial charge in [0, 0.05) is 23.2 Å². The Hall–Kier alpha value is -2.19. The number of anilines is 2.